The van der Waals surface area contributed by atoms with Crippen LogP contribution in [0.25, 0.3) is 0 Å². The van der Waals surface area contributed by atoms with Gasteiger partial charge in [-0.3, -0.25) is 24.6 Å². The number of hydrogen-bond acceptors (Lipinski definition) is 6. The standard InChI is InChI=1S/C16H20N4O4/c21-14-4-2-12(16(24)18-14)11-1-3-13(17-9-11)20-7-5-19(6-8-20)10-15(22)23/h1,3,9,12H,2,4-8,10H2,(H,22,23)(H,18,21,24). The van der Waals surface area contributed by atoms with Gasteiger partial charge in [0.05, 0.1) is 12.5 Å². The summed E-state index contributed by atoms with van der Waals surface area (Å²) in [4.78, 5) is 42.3. The van der Waals surface area contributed by atoms with Crippen molar-refractivity contribution in [2.24, 2.45) is 0 Å². The highest BCUT2D eigenvalue weighted by Gasteiger charge is 2.28. The highest BCUT2D eigenvalue weighted by Crippen LogP contribution is 2.25. The molecule has 0 spiro atoms. The molecule has 2 aliphatic rings. The number of carbonyl (C=O) groups is 3. The second-order valence-electron chi connectivity index (χ2n) is 6.11. The Morgan fingerprint density at radius 3 is 2.58 bits per heavy atom. The van der Waals surface area contributed by atoms with E-state index < -0.39 is 5.97 Å². The van der Waals surface area contributed by atoms with Crippen LogP contribution in [0.15, 0.2) is 18.3 Å². The van der Waals surface area contributed by atoms with Gasteiger partial charge < -0.3 is 10.0 Å². The predicted octanol–water partition coefficient (Wildman–Crippen LogP) is -0.192. The molecule has 2 aliphatic heterocycles. The maximum atomic E-state index is 11.9. The van der Waals surface area contributed by atoms with Crippen LogP contribution in [-0.4, -0.2) is 65.5 Å². The van der Waals surface area contributed by atoms with Gasteiger partial charge in [0.25, 0.3) is 0 Å². The largest absolute Gasteiger partial charge is 0.480 e. The molecular weight excluding hydrogens is 312 g/mol. The van der Waals surface area contributed by atoms with E-state index in [0.717, 1.165) is 24.5 Å². The minimum absolute atomic E-state index is 0.0652. The number of imide groups is 1. The molecule has 1 unspecified atom stereocenters. The fraction of sp³-hybridized carbons (Fsp3) is 0.500. The molecule has 8 heteroatoms. The second kappa shape index (κ2) is 6.96. The number of amides is 2. The van der Waals surface area contributed by atoms with E-state index in [2.05, 4.69) is 15.2 Å². The quantitative estimate of drug-likeness (QED) is 0.737. The van der Waals surface area contributed by atoms with E-state index in [9.17, 15) is 14.4 Å². The number of piperidine rings is 1. The Morgan fingerprint density at radius 2 is 2.00 bits per heavy atom. The molecule has 24 heavy (non-hydrogen) atoms. The average molecular weight is 332 g/mol. The summed E-state index contributed by atoms with van der Waals surface area (Å²) in [5, 5.41) is 11.2. The molecule has 1 aromatic rings. The lowest BCUT2D eigenvalue weighted by Crippen LogP contribution is -2.48. The molecule has 0 aromatic carbocycles. The third-order valence-corrected chi connectivity index (χ3v) is 4.47. The first-order valence-electron chi connectivity index (χ1n) is 8.01. The lowest BCUT2D eigenvalue weighted by atomic mass is 9.92. The number of aromatic nitrogens is 1. The summed E-state index contributed by atoms with van der Waals surface area (Å²) in [6.45, 7) is 2.87. The minimum atomic E-state index is -0.810. The molecule has 2 fully saturated rings. The third kappa shape index (κ3) is 3.70. The molecular formula is C16H20N4O4. The van der Waals surface area contributed by atoms with Crippen LogP contribution in [0.4, 0.5) is 5.82 Å². The minimum Gasteiger partial charge on any atom is -0.480 e. The van der Waals surface area contributed by atoms with Crippen molar-refractivity contribution in [2.45, 2.75) is 18.8 Å². The lowest BCUT2D eigenvalue weighted by molar-refractivity contribution is -0.138. The van der Waals surface area contributed by atoms with Crippen molar-refractivity contribution in [3.05, 3.63) is 23.9 Å². The number of anilines is 1. The fourth-order valence-electron chi connectivity index (χ4n) is 3.13. The molecule has 8 nitrogen and oxygen atoms in total. The van der Waals surface area contributed by atoms with Crippen LogP contribution in [0.2, 0.25) is 0 Å². The highest BCUT2D eigenvalue weighted by atomic mass is 16.4. The molecule has 1 atom stereocenters. The van der Waals surface area contributed by atoms with Gasteiger partial charge in [-0.1, -0.05) is 6.07 Å². The van der Waals surface area contributed by atoms with Crippen LogP contribution in [0.3, 0.4) is 0 Å². The Bertz CT molecular complexity index is 638. The maximum absolute atomic E-state index is 11.9. The van der Waals surface area contributed by atoms with Gasteiger partial charge in [0, 0.05) is 38.8 Å². The monoisotopic (exact) mass is 332 g/mol. The van der Waals surface area contributed by atoms with Gasteiger partial charge in [0.1, 0.15) is 5.82 Å². The summed E-state index contributed by atoms with van der Waals surface area (Å²) in [5.41, 5.74) is 0.813. The van der Waals surface area contributed by atoms with Crippen LogP contribution in [0.1, 0.15) is 24.3 Å². The van der Waals surface area contributed by atoms with Crippen LogP contribution in [-0.2, 0) is 14.4 Å². The number of carbonyl (C=O) groups excluding carboxylic acids is 2. The summed E-state index contributed by atoms with van der Waals surface area (Å²) < 4.78 is 0. The summed E-state index contributed by atoms with van der Waals surface area (Å²) in [6.07, 6.45) is 2.56. The first-order valence-corrected chi connectivity index (χ1v) is 8.01. The Balaban J connectivity index is 1.60. The molecule has 0 saturated carbocycles. The first kappa shape index (κ1) is 16.4. The van der Waals surface area contributed by atoms with E-state index in [1.54, 1.807) is 6.20 Å². The summed E-state index contributed by atoms with van der Waals surface area (Å²) in [7, 11) is 0. The second-order valence-corrected chi connectivity index (χ2v) is 6.11. The topological polar surface area (TPSA) is 103 Å². The van der Waals surface area contributed by atoms with Crippen molar-refractivity contribution < 1.29 is 19.5 Å². The number of rotatable bonds is 4. The van der Waals surface area contributed by atoms with E-state index in [0.29, 0.717) is 25.9 Å². The number of aliphatic carboxylic acids is 1. The lowest BCUT2D eigenvalue weighted by Gasteiger charge is -2.34. The summed E-state index contributed by atoms with van der Waals surface area (Å²) >= 11 is 0. The van der Waals surface area contributed by atoms with Gasteiger partial charge in [-0.15, -0.1) is 0 Å². The van der Waals surface area contributed by atoms with E-state index in [-0.39, 0.29) is 24.3 Å². The first-order chi connectivity index (χ1) is 11.5. The SMILES string of the molecule is O=C(O)CN1CCN(c2ccc(C3CCC(=O)NC3=O)cn2)CC1. The molecule has 1 aromatic heterocycles. The zero-order chi connectivity index (χ0) is 17.1. The number of nitrogens with zero attached hydrogens (tertiary/aromatic N) is 3. The molecule has 2 N–H and O–H groups in total. The summed E-state index contributed by atoms with van der Waals surface area (Å²) in [5.74, 6) is -0.795. The maximum Gasteiger partial charge on any atom is 0.317 e. The van der Waals surface area contributed by atoms with Gasteiger partial charge in [0.2, 0.25) is 11.8 Å². The van der Waals surface area contributed by atoms with E-state index in [1.165, 1.54) is 0 Å². The molecule has 128 valence electrons. The molecule has 2 amide bonds. The van der Waals surface area contributed by atoms with Crippen molar-refractivity contribution in [3.63, 3.8) is 0 Å². The van der Waals surface area contributed by atoms with Crippen molar-refractivity contribution in [1.82, 2.24) is 15.2 Å². The van der Waals surface area contributed by atoms with Crippen molar-refractivity contribution in [3.8, 4) is 0 Å². The molecule has 0 radical (unpaired) electrons. The number of pyridine rings is 1. The predicted molar refractivity (Wildman–Crippen MR) is 85.7 cm³/mol. The number of piperazine rings is 1. The molecule has 2 saturated heterocycles. The van der Waals surface area contributed by atoms with Gasteiger partial charge in [0.15, 0.2) is 0 Å². The van der Waals surface area contributed by atoms with E-state index in [4.69, 9.17) is 5.11 Å². The van der Waals surface area contributed by atoms with Crippen LogP contribution >= 0.6 is 0 Å². The van der Waals surface area contributed by atoms with Crippen molar-refractivity contribution >= 4 is 23.6 Å². The molecule has 3 rings (SSSR count). The number of carboxylic acids is 1. The van der Waals surface area contributed by atoms with Crippen LogP contribution < -0.4 is 10.2 Å². The van der Waals surface area contributed by atoms with Crippen LogP contribution in [0, 0.1) is 0 Å². The Kier molecular flexibility index (Phi) is 4.75. The number of carboxylic acid groups (broad SMARTS) is 1. The fourth-order valence-corrected chi connectivity index (χ4v) is 3.13. The van der Waals surface area contributed by atoms with Crippen molar-refractivity contribution in [2.75, 3.05) is 37.6 Å². The van der Waals surface area contributed by atoms with Gasteiger partial charge in [-0.05, 0) is 18.1 Å². The van der Waals surface area contributed by atoms with Gasteiger partial charge >= 0.3 is 5.97 Å². The van der Waals surface area contributed by atoms with Gasteiger partial charge in [-0.25, -0.2) is 4.98 Å². The van der Waals surface area contributed by atoms with Crippen molar-refractivity contribution in [1.29, 1.82) is 0 Å². The molecule has 3 heterocycles. The Hall–Kier alpha value is -2.48. The molecule has 0 bridgehead atoms. The highest BCUT2D eigenvalue weighted by molar-refractivity contribution is 6.00. The third-order valence-electron chi connectivity index (χ3n) is 4.47. The van der Waals surface area contributed by atoms with Gasteiger partial charge in [-0.2, -0.15) is 0 Å². The normalized spacial score (nSPS) is 22.3. The Morgan fingerprint density at radius 1 is 1.25 bits per heavy atom. The Labute approximate surface area is 139 Å². The van der Waals surface area contributed by atoms with Crippen LogP contribution in [0.5, 0.6) is 0 Å². The zero-order valence-electron chi connectivity index (χ0n) is 13.3. The average Bonchev–Trinajstić information content (AvgIpc) is 2.55. The zero-order valence-corrected chi connectivity index (χ0v) is 13.3. The number of nitrogens with one attached hydrogen (secondary N) is 1. The number of hydrogen-bond donors (Lipinski definition) is 2. The smallest absolute Gasteiger partial charge is 0.317 e. The van der Waals surface area contributed by atoms with E-state index >= 15 is 0 Å². The van der Waals surface area contributed by atoms with E-state index in [1.807, 2.05) is 17.0 Å². The summed E-state index contributed by atoms with van der Waals surface area (Å²) in [6, 6.07) is 3.76. The molecule has 0 aliphatic carbocycles.